The van der Waals surface area contributed by atoms with E-state index >= 15 is 0 Å². The number of nitrogens with zero attached hydrogens (tertiary/aromatic N) is 5. The highest BCUT2D eigenvalue weighted by Crippen LogP contribution is 2.39. The molecule has 0 aliphatic carbocycles. The third-order valence-electron chi connectivity index (χ3n) is 5.97. The van der Waals surface area contributed by atoms with Crippen LogP contribution in [-0.2, 0) is 4.74 Å². The molecule has 1 spiro atoms. The number of anilines is 1. The molecule has 0 atom stereocenters. The molecular weight excluding hydrogens is 398 g/mol. The van der Waals surface area contributed by atoms with E-state index in [1.54, 1.807) is 22.0 Å². The monoisotopic (exact) mass is 417 g/mol. The molecule has 0 aromatic carbocycles. The van der Waals surface area contributed by atoms with Gasteiger partial charge in [-0.3, -0.25) is 4.79 Å². The fraction of sp³-hybridized carbons (Fsp3) is 0.273. The molecule has 2 aliphatic rings. The summed E-state index contributed by atoms with van der Waals surface area (Å²) in [6, 6.07) is 9.70. The van der Waals surface area contributed by atoms with E-state index in [1.807, 2.05) is 35.8 Å². The number of aldehydes is 1. The Kier molecular flexibility index (Phi) is 3.97. The minimum Gasteiger partial charge on any atom is -0.380 e. The first-order valence-electron chi connectivity index (χ1n) is 9.92. The van der Waals surface area contributed by atoms with Crippen LogP contribution in [0.2, 0.25) is 0 Å². The van der Waals surface area contributed by atoms with Crippen molar-refractivity contribution >= 4 is 29.1 Å². The maximum Gasteiger partial charge on any atom is 0.165 e. The molecule has 6 heterocycles. The quantitative estimate of drug-likeness (QED) is 0.473. The third kappa shape index (κ3) is 2.83. The summed E-state index contributed by atoms with van der Waals surface area (Å²) in [5, 5.41) is 6.48. The van der Waals surface area contributed by atoms with Crippen molar-refractivity contribution in [1.29, 1.82) is 0 Å². The SMILES string of the molecule is O=Cc1cc(-c2cnn3ccc(-c4cccs4)nc23)nc(N2CCC3(COC3)C2)c1. The Morgan fingerprint density at radius 3 is 2.83 bits per heavy atom. The molecule has 8 heteroatoms. The van der Waals surface area contributed by atoms with Gasteiger partial charge in [0, 0.05) is 30.3 Å². The van der Waals surface area contributed by atoms with Gasteiger partial charge in [0.25, 0.3) is 0 Å². The largest absolute Gasteiger partial charge is 0.380 e. The van der Waals surface area contributed by atoms with Gasteiger partial charge in [0.1, 0.15) is 12.1 Å². The molecule has 0 N–H and O–H groups in total. The van der Waals surface area contributed by atoms with Crippen LogP contribution >= 0.6 is 11.3 Å². The smallest absolute Gasteiger partial charge is 0.165 e. The standard InChI is InChI=1S/C22H19N5O2S/c28-11-15-8-18(24-20(9-15)26-6-4-22(12-26)13-29-14-22)16-10-23-27-5-3-17(25-21(16)27)19-2-1-7-30-19/h1-3,5,7-11H,4,6,12-14H2. The van der Waals surface area contributed by atoms with Crippen LogP contribution in [0.1, 0.15) is 16.8 Å². The van der Waals surface area contributed by atoms with E-state index in [2.05, 4.69) is 16.1 Å². The van der Waals surface area contributed by atoms with Gasteiger partial charge in [-0.15, -0.1) is 11.3 Å². The van der Waals surface area contributed by atoms with E-state index < -0.39 is 0 Å². The third-order valence-corrected chi connectivity index (χ3v) is 6.86. The highest BCUT2D eigenvalue weighted by molar-refractivity contribution is 7.13. The molecule has 2 saturated heterocycles. The van der Waals surface area contributed by atoms with Crippen molar-refractivity contribution in [2.45, 2.75) is 6.42 Å². The van der Waals surface area contributed by atoms with Gasteiger partial charge in [-0.05, 0) is 36.1 Å². The van der Waals surface area contributed by atoms with Gasteiger partial charge in [-0.1, -0.05) is 6.07 Å². The van der Waals surface area contributed by atoms with E-state index in [1.165, 1.54) is 0 Å². The zero-order chi connectivity index (χ0) is 20.1. The van der Waals surface area contributed by atoms with Crippen LogP contribution in [0.25, 0.3) is 27.5 Å². The molecule has 7 nitrogen and oxygen atoms in total. The maximum absolute atomic E-state index is 11.7. The van der Waals surface area contributed by atoms with E-state index in [0.717, 1.165) is 66.6 Å². The topological polar surface area (TPSA) is 72.6 Å². The minimum atomic E-state index is 0.251. The number of fused-ring (bicyclic) bond motifs is 1. The first kappa shape index (κ1) is 17.7. The number of hydrogen-bond acceptors (Lipinski definition) is 7. The van der Waals surface area contributed by atoms with Gasteiger partial charge >= 0.3 is 0 Å². The maximum atomic E-state index is 11.7. The Balaban J connectivity index is 1.43. The lowest BCUT2D eigenvalue weighted by Crippen LogP contribution is -2.44. The molecule has 0 amide bonds. The first-order chi connectivity index (χ1) is 14.7. The lowest BCUT2D eigenvalue weighted by molar-refractivity contribution is -0.0985. The van der Waals surface area contributed by atoms with Crippen molar-refractivity contribution in [3.63, 3.8) is 0 Å². The molecule has 0 bridgehead atoms. The zero-order valence-electron chi connectivity index (χ0n) is 16.2. The van der Waals surface area contributed by atoms with E-state index in [0.29, 0.717) is 11.3 Å². The van der Waals surface area contributed by atoms with Crippen LogP contribution in [0.4, 0.5) is 5.82 Å². The van der Waals surface area contributed by atoms with E-state index in [9.17, 15) is 4.79 Å². The van der Waals surface area contributed by atoms with Crippen molar-refractivity contribution < 1.29 is 9.53 Å². The highest BCUT2D eigenvalue weighted by Gasteiger charge is 2.44. The molecule has 6 rings (SSSR count). The van der Waals surface area contributed by atoms with Crippen LogP contribution in [0, 0.1) is 5.41 Å². The van der Waals surface area contributed by atoms with Crippen LogP contribution in [-0.4, -0.2) is 52.2 Å². The number of thiophene rings is 1. The van der Waals surface area contributed by atoms with Gasteiger partial charge in [-0.25, -0.2) is 14.5 Å². The average Bonchev–Trinajstić information content (AvgIpc) is 3.51. The second-order valence-corrected chi connectivity index (χ2v) is 8.99. The molecule has 0 saturated carbocycles. The fourth-order valence-electron chi connectivity index (χ4n) is 4.27. The molecule has 4 aromatic heterocycles. The minimum absolute atomic E-state index is 0.251. The number of hydrogen-bond donors (Lipinski definition) is 0. The Bertz CT molecular complexity index is 1250. The normalized spacial score (nSPS) is 17.5. The molecule has 0 radical (unpaired) electrons. The van der Waals surface area contributed by atoms with E-state index in [4.69, 9.17) is 14.7 Å². The number of carbonyl (C=O) groups excluding carboxylic acids is 1. The number of rotatable bonds is 4. The van der Waals surface area contributed by atoms with Crippen molar-refractivity contribution in [3.05, 3.63) is 53.7 Å². The fourth-order valence-corrected chi connectivity index (χ4v) is 4.97. The summed E-state index contributed by atoms with van der Waals surface area (Å²) in [5.41, 5.74) is 4.02. The summed E-state index contributed by atoms with van der Waals surface area (Å²) in [6.07, 6.45) is 5.65. The molecular formula is C22H19N5O2S. The molecule has 0 unspecified atom stereocenters. The van der Waals surface area contributed by atoms with Crippen LogP contribution in [0.5, 0.6) is 0 Å². The molecule has 2 fully saturated rings. The van der Waals surface area contributed by atoms with Gasteiger partial charge in [0.2, 0.25) is 0 Å². The lowest BCUT2D eigenvalue weighted by atomic mass is 9.85. The summed E-state index contributed by atoms with van der Waals surface area (Å²) in [6.45, 7) is 3.46. The van der Waals surface area contributed by atoms with Gasteiger partial charge < -0.3 is 9.64 Å². The summed E-state index contributed by atoms with van der Waals surface area (Å²) >= 11 is 1.65. The van der Waals surface area contributed by atoms with Crippen LogP contribution in [0.15, 0.2) is 48.1 Å². The van der Waals surface area contributed by atoms with Crippen LogP contribution < -0.4 is 4.90 Å². The van der Waals surface area contributed by atoms with Gasteiger partial charge in [-0.2, -0.15) is 5.10 Å². The number of aromatic nitrogens is 4. The second kappa shape index (κ2) is 6.72. The number of pyridine rings is 1. The molecule has 30 heavy (non-hydrogen) atoms. The van der Waals surface area contributed by atoms with Crippen molar-refractivity contribution in [2.24, 2.45) is 5.41 Å². The Morgan fingerprint density at radius 2 is 2.10 bits per heavy atom. The molecule has 150 valence electrons. The summed E-state index contributed by atoms with van der Waals surface area (Å²) in [7, 11) is 0. The predicted octanol–water partition coefficient (Wildman–Crippen LogP) is 3.56. The van der Waals surface area contributed by atoms with Gasteiger partial charge in [0.15, 0.2) is 5.65 Å². The van der Waals surface area contributed by atoms with Crippen molar-refractivity contribution in [1.82, 2.24) is 19.6 Å². The molecule has 2 aliphatic heterocycles. The lowest BCUT2D eigenvalue weighted by Gasteiger charge is -2.37. The summed E-state index contributed by atoms with van der Waals surface area (Å²) in [4.78, 5) is 24.8. The summed E-state index contributed by atoms with van der Waals surface area (Å²) < 4.78 is 7.19. The number of ether oxygens (including phenoxy) is 1. The van der Waals surface area contributed by atoms with Gasteiger partial charge in [0.05, 0.1) is 41.2 Å². The number of carbonyl (C=O) groups is 1. The average molecular weight is 417 g/mol. The second-order valence-electron chi connectivity index (χ2n) is 8.04. The van der Waals surface area contributed by atoms with Crippen LogP contribution in [0.3, 0.4) is 0 Å². The zero-order valence-corrected chi connectivity index (χ0v) is 17.0. The van der Waals surface area contributed by atoms with E-state index in [-0.39, 0.29) is 5.41 Å². The van der Waals surface area contributed by atoms with Crippen molar-refractivity contribution in [3.8, 4) is 21.8 Å². The Labute approximate surface area is 177 Å². The Morgan fingerprint density at radius 1 is 1.17 bits per heavy atom. The van der Waals surface area contributed by atoms with Crippen molar-refractivity contribution in [2.75, 3.05) is 31.2 Å². The summed E-state index contributed by atoms with van der Waals surface area (Å²) in [5.74, 6) is 0.826. The highest BCUT2D eigenvalue weighted by atomic mass is 32.1. The first-order valence-corrected chi connectivity index (χ1v) is 10.8. The molecule has 4 aromatic rings. The predicted molar refractivity (Wildman–Crippen MR) is 115 cm³/mol. The Hall–Kier alpha value is -3.10.